The van der Waals surface area contributed by atoms with Gasteiger partial charge in [0.1, 0.15) is 30.0 Å². The molecule has 1 aliphatic rings. The van der Waals surface area contributed by atoms with Crippen LogP contribution in [-0.2, 0) is 64.0 Å². The Labute approximate surface area is 422 Å². The molecule has 1 fully saturated rings. The van der Waals surface area contributed by atoms with Gasteiger partial charge < -0.3 is 42.9 Å². The molecule has 0 bridgehead atoms. The predicted octanol–water partition coefficient (Wildman–Crippen LogP) is 10.7. The third kappa shape index (κ3) is 14.9. The molecule has 10 nitrogen and oxygen atoms in total. The van der Waals surface area contributed by atoms with E-state index >= 15 is 0 Å². The molecule has 0 radical (unpaired) electrons. The Morgan fingerprint density at radius 2 is 0.986 bits per heavy atom. The molecular weight excluding hydrogens is 907 g/mol. The Morgan fingerprint density at radius 1 is 0.577 bits per heavy atom. The third-order valence-electron chi connectivity index (χ3n) is 12.3. The van der Waals surface area contributed by atoms with Crippen LogP contribution in [0.1, 0.15) is 63.8 Å². The van der Waals surface area contributed by atoms with Crippen molar-refractivity contribution in [2.24, 2.45) is 0 Å². The molecule has 1 amide bonds. The first-order chi connectivity index (χ1) is 34.3. The molecule has 7 rings (SSSR count). The van der Waals surface area contributed by atoms with Crippen molar-refractivity contribution in [2.75, 3.05) is 13.2 Å². The lowest BCUT2D eigenvalue weighted by Gasteiger charge is -2.47. The number of benzene rings is 6. The lowest BCUT2D eigenvalue weighted by Crippen LogP contribution is -2.69. The van der Waals surface area contributed by atoms with Crippen LogP contribution in [0, 0.1) is 0 Å². The van der Waals surface area contributed by atoms with Crippen molar-refractivity contribution in [2.45, 2.75) is 121 Å². The van der Waals surface area contributed by atoms with E-state index in [9.17, 15) is 4.79 Å². The average molecular weight is 978 g/mol. The van der Waals surface area contributed by atoms with Crippen molar-refractivity contribution in [3.63, 3.8) is 0 Å². The van der Waals surface area contributed by atoms with E-state index in [-0.39, 0.29) is 38.1 Å². The quantitative estimate of drug-likeness (QED) is 0.0497. The molecule has 71 heavy (non-hydrogen) atoms. The standard InChI is InChI=1S/C60H71NO9Si/c1-8-52(70-71(60(5,6)7,49-35-23-13-24-36-49)50-37-25-14-26-38-50)51(61-58(62)69-59(2,3)4)43-67-57-56(66-42-48-33-21-12-22-34-48)55(65-41-47-31-19-11-20-32-47)54(64-40-46-29-17-10-18-30-46)53(68-57)44-63-39-45-27-15-9-16-28-45/h8-38,51-57H,1,39-44H2,2-7H3,(H,61,62)/t51-,52+,53+,54-,55-,56+,57-/m0/s1. The normalized spacial score (nSPS) is 19.3. The number of nitrogens with one attached hydrogen (secondary N) is 1. The average Bonchev–Trinajstić information content (AvgIpc) is 3.37. The van der Waals surface area contributed by atoms with Crippen LogP contribution in [0.25, 0.3) is 0 Å². The van der Waals surface area contributed by atoms with Gasteiger partial charge in [0.15, 0.2) is 6.29 Å². The first-order valence-corrected chi connectivity index (χ1v) is 26.5. The fourth-order valence-corrected chi connectivity index (χ4v) is 13.6. The molecule has 0 aromatic heterocycles. The third-order valence-corrected chi connectivity index (χ3v) is 17.4. The van der Waals surface area contributed by atoms with E-state index in [1.807, 2.05) is 178 Å². The molecule has 1 aliphatic heterocycles. The van der Waals surface area contributed by atoms with E-state index in [1.165, 1.54) is 0 Å². The minimum atomic E-state index is -3.21. The minimum absolute atomic E-state index is 0.0947. The van der Waals surface area contributed by atoms with Gasteiger partial charge in [0, 0.05) is 0 Å². The summed E-state index contributed by atoms with van der Waals surface area (Å²) in [6, 6.07) is 59.9. The van der Waals surface area contributed by atoms with Crippen LogP contribution in [0.4, 0.5) is 4.79 Å². The van der Waals surface area contributed by atoms with E-state index in [0.717, 1.165) is 32.6 Å². The highest BCUT2D eigenvalue weighted by molar-refractivity contribution is 6.99. The van der Waals surface area contributed by atoms with Crippen molar-refractivity contribution in [3.8, 4) is 0 Å². The van der Waals surface area contributed by atoms with Gasteiger partial charge in [-0.15, -0.1) is 6.58 Å². The topological polar surface area (TPSA) is 103 Å². The van der Waals surface area contributed by atoms with Crippen molar-refractivity contribution in [3.05, 3.63) is 217 Å². The van der Waals surface area contributed by atoms with Crippen molar-refractivity contribution >= 4 is 24.8 Å². The zero-order valence-corrected chi connectivity index (χ0v) is 43.1. The zero-order chi connectivity index (χ0) is 50.1. The monoisotopic (exact) mass is 977 g/mol. The Bertz CT molecular complexity index is 2430. The van der Waals surface area contributed by atoms with Gasteiger partial charge in [0.2, 0.25) is 0 Å². The molecule has 6 aromatic rings. The molecule has 0 saturated carbocycles. The summed E-state index contributed by atoms with van der Waals surface area (Å²) < 4.78 is 55.0. The van der Waals surface area contributed by atoms with Crippen LogP contribution < -0.4 is 15.7 Å². The van der Waals surface area contributed by atoms with Gasteiger partial charge in [0.05, 0.1) is 51.8 Å². The van der Waals surface area contributed by atoms with E-state index in [2.05, 4.69) is 56.9 Å². The maximum Gasteiger partial charge on any atom is 0.408 e. The second kappa shape index (κ2) is 25.6. The number of rotatable bonds is 23. The lowest BCUT2D eigenvalue weighted by atomic mass is 9.97. The summed E-state index contributed by atoms with van der Waals surface area (Å²) >= 11 is 0. The van der Waals surface area contributed by atoms with Crippen LogP contribution in [0.15, 0.2) is 195 Å². The second-order valence-electron chi connectivity index (χ2n) is 19.9. The summed E-state index contributed by atoms with van der Waals surface area (Å²) in [4.78, 5) is 14.0. The smallest absolute Gasteiger partial charge is 0.408 e. The van der Waals surface area contributed by atoms with Crippen LogP contribution >= 0.6 is 0 Å². The van der Waals surface area contributed by atoms with Crippen molar-refractivity contribution in [1.29, 1.82) is 0 Å². The fraction of sp³-hybridized carbons (Fsp3) is 0.350. The lowest BCUT2D eigenvalue weighted by molar-refractivity contribution is -0.329. The Hall–Kier alpha value is -5.73. The summed E-state index contributed by atoms with van der Waals surface area (Å²) in [6.07, 6.45) is -3.65. The van der Waals surface area contributed by atoms with E-state index in [0.29, 0.717) is 6.61 Å². The van der Waals surface area contributed by atoms with Crippen molar-refractivity contribution in [1.82, 2.24) is 5.32 Å². The van der Waals surface area contributed by atoms with Crippen LogP contribution in [-0.4, -0.2) is 76.1 Å². The summed E-state index contributed by atoms with van der Waals surface area (Å²) in [5, 5.41) is 4.91. The SMILES string of the molecule is C=C[C@@H](O[Si](c1ccccc1)(c1ccccc1)C(C)(C)C)[C@H](CO[C@H]1O[C@H](COCc2ccccc2)[C@H](OCc2ccccc2)[C@H](OCc2ccccc2)[C@H]1OCc1ccccc1)NC(=O)OC(C)(C)C. The summed E-state index contributed by atoms with van der Waals surface area (Å²) in [6.45, 7) is 17.6. The van der Waals surface area contributed by atoms with Crippen LogP contribution in [0.5, 0.6) is 0 Å². The van der Waals surface area contributed by atoms with Gasteiger partial charge in [-0.2, -0.15) is 0 Å². The highest BCUT2D eigenvalue weighted by Crippen LogP contribution is 2.38. The zero-order valence-electron chi connectivity index (χ0n) is 42.1. The van der Waals surface area contributed by atoms with Crippen LogP contribution in [0.3, 0.4) is 0 Å². The maximum absolute atomic E-state index is 14.0. The fourth-order valence-electron chi connectivity index (χ4n) is 8.95. The number of hydrogen-bond donors (Lipinski definition) is 1. The largest absolute Gasteiger partial charge is 0.444 e. The maximum atomic E-state index is 14.0. The minimum Gasteiger partial charge on any atom is -0.444 e. The Kier molecular flexibility index (Phi) is 19.1. The molecule has 11 heteroatoms. The van der Waals surface area contributed by atoms with Gasteiger partial charge in [-0.1, -0.05) is 209 Å². The van der Waals surface area contributed by atoms with Gasteiger partial charge in [-0.25, -0.2) is 4.79 Å². The molecule has 0 spiro atoms. The summed E-state index contributed by atoms with van der Waals surface area (Å²) in [5.41, 5.74) is 3.16. The molecule has 6 aromatic carbocycles. The van der Waals surface area contributed by atoms with E-state index in [1.54, 1.807) is 6.08 Å². The number of carbonyl (C=O) groups is 1. The van der Waals surface area contributed by atoms with Gasteiger partial charge in [-0.05, 0) is 58.4 Å². The van der Waals surface area contributed by atoms with Crippen molar-refractivity contribution < 1.29 is 42.4 Å². The molecule has 1 N–H and O–H groups in total. The molecule has 7 atom stereocenters. The number of alkyl carbamates (subject to hydrolysis) is 1. The predicted molar refractivity (Wildman–Crippen MR) is 282 cm³/mol. The number of amides is 1. The summed E-state index contributed by atoms with van der Waals surface area (Å²) in [5.74, 6) is 0. The van der Waals surface area contributed by atoms with Crippen LogP contribution in [0.2, 0.25) is 5.04 Å². The van der Waals surface area contributed by atoms with E-state index in [4.69, 9.17) is 37.6 Å². The second-order valence-corrected chi connectivity index (χ2v) is 24.1. The van der Waals surface area contributed by atoms with Gasteiger partial charge >= 0.3 is 6.09 Å². The molecule has 374 valence electrons. The van der Waals surface area contributed by atoms with E-state index < -0.39 is 62.9 Å². The first kappa shape index (κ1) is 53.1. The van der Waals surface area contributed by atoms with Gasteiger partial charge in [-0.3, -0.25) is 0 Å². The molecule has 0 unspecified atom stereocenters. The highest BCUT2D eigenvalue weighted by atomic mass is 28.4. The molecule has 1 heterocycles. The number of carbonyl (C=O) groups excluding carboxylic acids is 1. The first-order valence-electron chi connectivity index (χ1n) is 24.6. The summed E-state index contributed by atoms with van der Waals surface area (Å²) in [7, 11) is -3.21. The highest BCUT2D eigenvalue weighted by Gasteiger charge is 2.53. The molecular formula is C60H71NO9Si. The molecule has 1 saturated heterocycles. The van der Waals surface area contributed by atoms with Gasteiger partial charge in [0.25, 0.3) is 8.32 Å². The Morgan fingerprint density at radius 3 is 1.41 bits per heavy atom. The molecule has 0 aliphatic carbocycles. The number of hydrogen-bond acceptors (Lipinski definition) is 9. The Balaban J connectivity index is 1.28. The number of ether oxygens (including phenoxy) is 7.